The lowest BCUT2D eigenvalue weighted by atomic mass is 10.0. The van der Waals surface area contributed by atoms with Crippen LogP contribution in [0.3, 0.4) is 0 Å². The van der Waals surface area contributed by atoms with Crippen LogP contribution in [0.1, 0.15) is 26.2 Å². The van der Waals surface area contributed by atoms with E-state index in [2.05, 4.69) is 29.1 Å². The van der Waals surface area contributed by atoms with Gasteiger partial charge in [0.1, 0.15) is 0 Å². The molecule has 0 spiro atoms. The zero-order chi connectivity index (χ0) is 10.7. The van der Waals surface area contributed by atoms with Gasteiger partial charge in [0.25, 0.3) is 0 Å². The number of hydrogen-bond acceptors (Lipinski definition) is 3. The van der Waals surface area contributed by atoms with Crippen molar-refractivity contribution in [2.45, 2.75) is 38.3 Å². The first-order valence-corrected chi connectivity index (χ1v) is 6.46. The number of piperazine rings is 1. The van der Waals surface area contributed by atoms with E-state index < -0.39 is 0 Å². The molecule has 1 N–H and O–H groups in total. The number of rotatable bonds is 2. The van der Waals surface area contributed by atoms with Crippen molar-refractivity contribution in [3.63, 3.8) is 0 Å². The molecule has 2 unspecified atom stereocenters. The molecule has 2 fully saturated rings. The van der Waals surface area contributed by atoms with Crippen LogP contribution in [0.4, 0.5) is 0 Å². The second-order valence-corrected chi connectivity index (χ2v) is 5.04. The minimum atomic E-state index is 0.778. The van der Waals surface area contributed by atoms with Crippen molar-refractivity contribution >= 4 is 0 Å². The van der Waals surface area contributed by atoms with Gasteiger partial charge in [0.15, 0.2) is 0 Å². The second kappa shape index (κ2) is 5.28. The van der Waals surface area contributed by atoms with Gasteiger partial charge in [0.05, 0.1) is 0 Å². The summed E-state index contributed by atoms with van der Waals surface area (Å²) < 4.78 is 0. The van der Waals surface area contributed by atoms with Crippen molar-refractivity contribution in [3.8, 4) is 0 Å². The highest BCUT2D eigenvalue weighted by atomic mass is 15.3. The first-order chi connectivity index (χ1) is 7.31. The van der Waals surface area contributed by atoms with Crippen LogP contribution in [-0.4, -0.2) is 61.7 Å². The number of piperidine rings is 1. The Hall–Kier alpha value is -0.120. The first-order valence-electron chi connectivity index (χ1n) is 6.46. The van der Waals surface area contributed by atoms with Gasteiger partial charge in [-0.25, -0.2) is 0 Å². The minimum absolute atomic E-state index is 0.778. The van der Waals surface area contributed by atoms with E-state index in [1.807, 2.05) is 0 Å². The zero-order valence-electron chi connectivity index (χ0n) is 10.2. The average Bonchev–Trinajstić information content (AvgIpc) is 2.31. The lowest BCUT2D eigenvalue weighted by Crippen LogP contribution is -2.57. The molecule has 2 heterocycles. The van der Waals surface area contributed by atoms with Crippen LogP contribution in [0.15, 0.2) is 0 Å². The standard InChI is InChI=1S/C12H25N3/c1-3-11-10-15(8-7-14(11)2)12-5-4-6-13-9-12/h11-13H,3-10H2,1-2H3. The molecule has 0 aromatic heterocycles. The molecule has 3 nitrogen and oxygen atoms in total. The van der Waals surface area contributed by atoms with Crippen LogP contribution in [-0.2, 0) is 0 Å². The highest BCUT2D eigenvalue weighted by Crippen LogP contribution is 2.17. The Bertz CT molecular complexity index is 189. The molecular formula is C12H25N3. The highest BCUT2D eigenvalue weighted by Gasteiger charge is 2.28. The third-order valence-electron chi connectivity index (χ3n) is 4.07. The van der Waals surface area contributed by atoms with Crippen molar-refractivity contribution in [2.75, 3.05) is 39.8 Å². The van der Waals surface area contributed by atoms with Gasteiger partial charge in [0, 0.05) is 38.3 Å². The summed E-state index contributed by atoms with van der Waals surface area (Å²) in [5.74, 6) is 0. The molecule has 2 atom stereocenters. The van der Waals surface area contributed by atoms with Crippen LogP contribution < -0.4 is 5.32 Å². The fourth-order valence-electron chi connectivity index (χ4n) is 2.89. The molecule has 0 bridgehead atoms. The Kier molecular flexibility index (Phi) is 4.00. The van der Waals surface area contributed by atoms with E-state index in [4.69, 9.17) is 0 Å². The summed E-state index contributed by atoms with van der Waals surface area (Å²) >= 11 is 0. The number of nitrogens with one attached hydrogen (secondary N) is 1. The number of hydrogen-bond donors (Lipinski definition) is 1. The Labute approximate surface area is 93.8 Å². The fraction of sp³-hybridized carbons (Fsp3) is 1.00. The van der Waals surface area contributed by atoms with Gasteiger partial charge in [-0.2, -0.15) is 0 Å². The van der Waals surface area contributed by atoms with Gasteiger partial charge in [-0.3, -0.25) is 4.90 Å². The van der Waals surface area contributed by atoms with Gasteiger partial charge in [-0.15, -0.1) is 0 Å². The summed E-state index contributed by atoms with van der Waals surface area (Å²) in [6.45, 7) is 8.53. The second-order valence-electron chi connectivity index (χ2n) is 5.04. The lowest BCUT2D eigenvalue weighted by Gasteiger charge is -2.44. The van der Waals surface area contributed by atoms with Crippen molar-refractivity contribution in [1.29, 1.82) is 0 Å². The normalized spacial score (nSPS) is 35.6. The Morgan fingerprint density at radius 3 is 2.87 bits per heavy atom. The lowest BCUT2D eigenvalue weighted by molar-refractivity contribution is 0.0538. The van der Waals surface area contributed by atoms with E-state index in [-0.39, 0.29) is 0 Å². The van der Waals surface area contributed by atoms with Gasteiger partial charge < -0.3 is 10.2 Å². The van der Waals surface area contributed by atoms with Crippen LogP contribution in [0.2, 0.25) is 0 Å². The van der Waals surface area contributed by atoms with Gasteiger partial charge >= 0.3 is 0 Å². The third-order valence-corrected chi connectivity index (χ3v) is 4.07. The van der Waals surface area contributed by atoms with Crippen LogP contribution in [0.5, 0.6) is 0 Å². The van der Waals surface area contributed by atoms with E-state index in [1.54, 1.807) is 0 Å². The van der Waals surface area contributed by atoms with Crippen molar-refractivity contribution in [3.05, 3.63) is 0 Å². The smallest absolute Gasteiger partial charge is 0.0222 e. The maximum atomic E-state index is 3.52. The molecule has 3 heteroatoms. The maximum Gasteiger partial charge on any atom is 0.0222 e. The molecule has 2 aliphatic heterocycles. The van der Waals surface area contributed by atoms with Gasteiger partial charge in [-0.1, -0.05) is 6.92 Å². The molecule has 2 saturated heterocycles. The molecule has 2 aliphatic rings. The van der Waals surface area contributed by atoms with E-state index in [0.29, 0.717) is 0 Å². The molecule has 15 heavy (non-hydrogen) atoms. The maximum absolute atomic E-state index is 3.52. The quantitative estimate of drug-likeness (QED) is 0.728. The third kappa shape index (κ3) is 2.71. The molecule has 0 amide bonds. The Morgan fingerprint density at radius 1 is 1.33 bits per heavy atom. The van der Waals surface area contributed by atoms with Crippen LogP contribution >= 0.6 is 0 Å². The Morgan fingerprint density at radius 2 is 2.20 bits per heavy atom. The van der Waals surface area contributed by atoms with Crippen LogP contribution in [0.25, 0.3) is 0 Å². The van der Waals surface area contributed by atoms with E-state index in [9.17, 15) is 0 Å². The first kappa shape index (κ1) is 11.4. The van der Waals surface area contributed by atoms with Crippen LogP contribution in [0, 0.1) is 0 Å². The zero-order valence-corrected chi connectivity index (χ0v) is 10.2. The van der Waals surface area contributed by atoms with E-state index in [0.717, 1.165) is 12.1 Å². The molecule has 2 rings (SSSR count). The van der Waals surface area contributed by atoms with Crippen molar-refractivity contribution in [2.24, 2.45) is 0 Å². The predicted octanol–water partition coefficient (Wildman–Crippen LogP) is 0.764. The topological polar surface area (TPSA) is 18.5 Å². The number of likely N-dealkylation sites (N-methyl/N-ethyl adjacent to an activating group) is 1. The Balaban J connectivity index is 1.87. The molecular weight excluding hydrogens is 186 g/mol. The summed E-state index contributed by atoms with van der Waals surface area (Å²) in [6.07, 6.45) is 4.04. The largest absolute Gasteiger partial charge is 0.315 e. The molecule has 0 aromatic carbocycles. The van der Waals surface area contributed by atoms with Gasteiger partial charge in [-0.05, 0) is 32.9 Å². The molecule has 0 aliphatic carbocycles. The summed E-state index contributed by atoms with van der Waals surface area (Å²) in [5, 5.41) is 3.52. The minimum Gasteiger partial charge on any atom is -0.315 e. The monoisotopic (exact) mass is 211 g/mol. The summed E-state index contributed by atoms with van der Waals surface area (Å²) in [4.78, 5) is 5.23. The summed E-state index contributed by atoms with van der Waals surface area (Å²) in [5.41, 5.74) is 0. The number of nitrogens with zero attached hydrogens (tertiary/aromatic N) is 2. The van der Waals surface area contributed by atoms with Crippen molar-refractivity contribution in [1.82, 2.24) is 15.1 Å². The van der Waals surface area contributed by atoms with E-state index >= 15 is 0 Å². The van der Waals surface area contributed by atoms with Gasteiger partial charge in [0.2, 0.25) is 0 Å². The molecule has 0 aromatic rings. The van der Waals surface area contributed by atoms with Crippen molar-refractivity contribution < 1.29 is 0 Å². The molecule has 88 valence electrons. The summed E-state index contributed by atoms with van der Waals surface area (Å²) in [6, 6.07) is 1.59. The summed E-state index contributed by atoms with van der Waals surface area (Å²) in [7, 11) is 2.27. The highest BCUT2D eigenvalue weighted by molar-refractivity contribution is 4.86. The average molecular weight is 211 g/mol. The fourth-order valence-corrected chi connectivity index (χ4v) is 2.89. The predicted molar refractivity (Wildman–Crippen MR) is 64.2 cm³/mol. The van der Waals surface area contributed by atoms with E-state index in [1.165, 1.54) is 52.0 Å². The SMILES string of the molecule is CCC1CN(C2CCCNC2)CCN1C. The molecule has 0 saturated carbocycles. The molecule has 0 radical (unpaired) electrons.